The van der Waals surface area contributed by atoms with Crippen LogP contribution in [0.2, 0.25) is 0 Å². The fourth-order valence-corrected chi connectivity index (χ4v) is 2.00. The number of benzene rings is 1. The molecular formula is C15H14F3N3O. The number of hydrogen-bond acceptors (Lipinski definition) is 3. The number of carbonyl (C=O) groups excluding carboxylic acids is 1. The lowest BCUT2D eigenvalue weighted by molar-refractivity contribution is -0.183. The smallest absolute Gasteiger partial charge is 0.339 e. The quantitative estimate of drug-likeness (QED) is 0.841. The van der Waals surface area contributed by atoms with Gasteiger partial charge in [0.2, 0.25) is 5.91 Å². The van der Waals surface area contributed by atoms with Crippen LogP contribution < -0.4 is 5.32 Å². The first-order chi connectivity index (χ1) is 10.3. The fourth-order valence-electron chi connectivity index (χ4n) is 2.00. The molecule has 0 fully saturated rings. The zero-order valence-electron chi connectivity index (χ0n) is 11.8. The van der Waals surface area contributed by atoms with Gasteiger partial charge in [0.05, 0.1) is 11.4 Å². The molecule has 2 rings (SSSR count). The Balaban J connectivity index is 2.15. The molecule has 0 heterocycles. The predicted octanol–water partition coefficient (Wildman–Crippen LogP) is 4.05. The van der Waals surface area contributed by atoms with Gasteiger partial charge in [0.25, 0.3) is 0 Å². The summed E-state index contributed by atoms with van der Waals surface area (Å²) in [4.78, 5) is 11.0. The summed E-state index contributed by atoms with van der Waals surface area (Å²) < 4.78 is 39.6. The Morgan fingerprint density at radius 3 is 2.41 bits per heavy atom. The zero-order valence-corrected chi connectivity index (χ0v) is 11.8. The first-order valence-electron chi connectivity index (χ1n) is 6.54. The van der Waals surface area contributed by atoms with Crippen molar-refractivity contribution in [2.75, 3.05) is 0 Å². The molecule has 0 spiro atoms. The molecule has 1 unspecified atom stereocenters. The molecule has 1 aliphatic carbocycles. The molecule has 1 aliphatic rings. The van der Waals surface area contributed by atoms with Gasteiger partial charge >= 0.3 is 6.18 Å². The van der Waals surface area contributed by atoms with E-state index in [1.165, 1.54) is 12.2 Å². The predicted molar refractivity (Wildman–Crippen MR) is 75.4 cm³/mol. The number of nitrogens with zero attached hydrogens (tertiary/aromatic N) is 2. The van der Waals surface area contributed by atoms with E-state index in [1.54, 1.807) is 24.3 Å². The van der Waals surface area contributed by atoms with Crippen molar-refractivity contribution in [1.29, 1.82) is 0 Å². The van der Waals surface area contributed by atoms with Gasteiger partial charge in [-0.05, 0) is 24.3 Å². The van der Waals surface area contributed by atoms with Gasteiger partial charge in [-0.15, -0.1) is 0 Å². The molecule has 0 bridgehead atoms. The highest BCUT2D eigenvalue weighted by atomic mass is 19.4. The Bertz CT molecular complexity index is 635. The van der Waals surface area contributed by atoms with Crippen molar-refractivity contribution in [1.82, 2.24) is 5.32 Å². The maximum atomic E-state index is 13.2. The molecule has 0 aliphatic heterocycles. The van der Waals surface area contributed by atoms with E-state index in [2.05, 4.69) is 10.2 Å². The lowest BCUT2D eigenvalue weighted by atomic mass is 9.89. The Morgan fingerprint density at radius 2 is 1.91 bits per heavy atom. The number of azo groups is 1. The van der Waals surface area contributed by atoms with Crippen molar-refractivity contribution in [3.63, 3.8) is 0 Å². The monoisotopic (exact) mass is 309 g/mol. The molecule has 0 saturated heterocycles. The fraction of sp³-hybridized carbons (Fsp3) is 0.267. The van der Waals surface area contributed by atoms with E-state index in [9.17, 15) is 18.0 Å². The Morgan fingerprint density at radius 1 is 1.23 bits per heavy atom. The van der Waals surface area contributed by atoms with Gasteiger partial charge in [0, 0.05) is 13.3 Å². The van der Waals surface area contributed by atoms with Crippen LogP contribution in [0, 0.1) is 0 Å². The summed E-state index contributed by atoms with van der Waals surface area (Å²) in [5, 5.41) is 9.80. The molecular weight excluding hydrogens is 295 g/mol. The van der Waals surface area contributed by atoms with E-state index in [1.807, 2.05) is 11.4 Å². The van der Waals surface area contributed by atoms with Gasteiger partial charge in [-0.1, -0.05) is 24.3 Å². The lowest BCUT2D eigenvalue weighted by Gasteiger charge is -2.34. The summed E-state index contributed by atoms with van der Waals surface area (Å²) in [6, 6.07) is 8.85. The number of allylic oxidation sites excluding steroid dienone is 1. The van der Waals surface area contributed by atoms with E-state index in [0.717, 1.165) is 13.0 Å². The van der Waals surface area contributed by atoms with Crippen molar-refractivity contribution < 1.29 is 18.0 Å². The van der Waals surface area contributed by atoms with Crippen LogP contribution in [0.3, 0.4) is 0 Å². The standard InChI is InChI=1S/C15H14F3N3O/c1-11(22)19-14(15(16,17)18)9-7-13(8-10-14)21-20-12-5-3-2-4-6-12/h2-9H,10H2,1H3,(H,19,22). The highest BCUT2D eigenvalue weighted by Gasteiger charge is 2.53. The van der Waals surface area contributed by atoms with E-state index in [0.29, 0.717) is 11.4 Å². The molecule has 0 saturated carbocycles. The molecule has 1 aromatic rings. The first-order valence-corrected chi connectivity index (χ1v) is 6.54. The summed E-state index contributed by atoms with van der Waals surface area (Å²) in [6.45, 7) is 1.05. The van der Waals surface area contributed by atoms with Gasteiger partial charge < -0.3 is 5.32 Å². The molecule has 0 aromatic heterocycles. The summed E-state index contributed by atoms with van der Waals surface area (Å²) in [5.74, 6) is -0.746. The van der Waals surface area contributed by atoms with Crippen LogP contribution in [0.1, 0.15) is 13.3 Å². The number of amides is 1. The number of nitrogens with one attached hydrogen (secondary N) is 1. The second-order valence-electron chi connectivity index (χ2n) is 4.85. The lowest BCUT2D eigenvalue weighted by Crippen LogP contribution is -2.57. The van der Waals surface area contributed by atoms with Gasteiger partial charge in [-0.3, -0.25) is 4.79 Å². The topological polar surface area (TPSA) is 53.8 Å². The second kappa shape index (κ2) is 6.13. The number of hydrogen-bond donors (Lipinski definition) is 1. The molecule has 0 radical (unpaired) electrons. The third-order valence-corrected chi connectivity index (χ3v) is 3.11. The van der Waals surface area contributed by atoms with Crippen LogP contribution in [-0.4, -0.2) is 17.6 Å². The summed E-state index contributed by atoms with van der Waals surface area (Å²) in [5.41, 5.74) is -1.47. The van der Waals surface area contributed by atoms with Crippen molar-refractivity contribution in [3.05, 3.63) is 54.3 Å². The minimum Gasteiger partial charge on any atom is -0.339 e. The summed E-state index contributed by atoms with van der Waals surface area (Å²) >= 11 is 0. The van der Waals surface area contributed by atoms with Crippen molar-refractivity contribution in [2.45, 2.75) is 25.1 Å². The van der Waals surface area contributed by atoms with Crippen LogP contribution in [-0.2, 0) is 4.79 Å². The average Bonchev–Trinajstić information content (AvgIpc) is 2.46. The molecule has 1 atom stereocenters. The first kappa shape index (κ1) is 15.9. The number of halogens is 3. The Kier molecular flexibility index (Phi) is 4.44. The normalized spacial score (nSPS) is 21.7. The van der Waals surface area contributed by atoms with Crippen LogP contribution in [0.25, 0.3) is 0 Å². The zero-order chi connectivity index (χ0) is 16.2. The van der Waals surface area contributed by atoms with Gasteiger partial charge in [0.1, 0.15) is 0 Å². The van der Waals surface area contributed by atoms with Crippen LogP contribution in [0.15, 0.2) is 64.5 Å². The van der Waals surface area contributed by atoms with E-state index in [4.69, 9.17) is 0 Å². The van der Waals surface area contributed by atoms with E-state index < -0.39 is 24.0 Å². The number of rotatable bonds is 3. The van der Waals surface area contributed by atoms with Gasteiger partial charge in [-0.25, -0.2) is 0 Å². The van der Waals surface area contributed by atoms with Gasteiger partial charge in [-0.2, -0.15) is 23.4 Å². The summed E-state index contributed by atoms with van der Waals surface area (Å²) in [7, 11) is 0. The second-order valence-corrected chi connectivity index (χ2v) is 4.85. The SMILES string of the molecule is CC(=O)NC1(C(F)(F)F)C=CC(N=Nc2ccccc2)=CC1. The highest BCUT2D eigenvalue weighted by Crippen LogP contribution is 2.37. The molecule has 22 heavy (non-hydrogen) atoms. The number of alkyl halides is 3. The molecule has 7 heteroatoms. The number of carbonyl (C=O) groups is 1. The average molecular weight is 309 g/mol. The molecule has 1 amide bonds. The largest absolute Gasteiger partial charge is 0.415 e. The third kappa shape index (κ3) is 3.60. The highest BCUT2D eigenvalue weighted by molar-refractivity contribution is 5.74. The minimum atomic E-state index is -4.59. The van der Waals surface area contributed by atoms with Crippen LogP contribution in [0.5, 0.6) is 0 Å². The van der Waals surface area contributed by atoms with Gasteiger partial charge in [0.15, 0.2) is 5.54 Å². The Labute approximate surface area is 125 Å². The maximum Gasteiger partial charge on any atom is 0.415 e. The summed E-state index contributed by atoms with van der Waals surface area (Å²) in [6.07, 6.45) is -1.59. The molecule has 1 aromatic carbocycles. The van der Waals surface area contributed by atoms with Crippen molar-refractivity contribution in [2.24, 2.45) is 10.2 Å². The molecule has 4 nitrogen and oxygen atoms in total. The molecule has 116 valence electrons. The van der Waals surface area contributed by atoms with Crippen molar-refractivity contribution >= 4 is 11.6 Å². The minimum absolute atomic E-state index is 0.314. The van der Waals surface area contributed by atoms with E-state index in [-0.39, 0.29) is 0 Å². The maximum absolute atomic E-state index is 13.2. The Hall–Kier alpha value is -2.44. The third-order valence-electron chi connectivity index (χ3n) is 3.11. The van der Waals surface area contributed by atoms with Crippen LogP contribution >= 0.6 is 0 Å². The van der Waals surface area contributed by atoms with Crippen molar-refractivity contribution in [3.8, 4) is 0 Å². The molecule has 1 N–H and O–H groups in total. The van der Waals surface area contributed by atoms with E-state index >= 15 is 0 Å². The van der Waals surface area contributed by atoms with Crippen LogP contribution in [0.4, 0.5) is 18.9 Å².